The minimum atomic E-state index is -0.983. The predicted octanol–water partition coefficient (Wildman–Crippen LogP) is 5.28. The minimum Gasteiger partial charge on any atom is -0.488 e. The highest BCUT2D eigenvalue weighted by molar-refractivity contribution is 9.10. The average Bonchev–Trinajstić information content (AvgIpc) is 3.00. The predicted molar refractivity (Wildman–Crippen MR) is 119 cm³/mol. The summed E-state index contributed by atoms with van der Waals surface area (Å²) in [6, 6.07) is 11.7. The summed E-state index contributed by atoms with van der Waals surface area (Å²) in [7, 11) is 1.21. The molecule has 1 atom stereocenters. The van der Waals surface area contributed by atoms with Crippen LogP contribution in [0.2, 0.25) is 5.02 Å². The molecule has 156 valence electrons. The molecule has 0 unspecified atom stereocenters. The van der Waals surface area contributed by atoms with E-state index in [0.29, 0.717) is 27.4 Å². The standard InChI is InChI=1S/C21H17BrClNO5S/c1-12(20(26)28-2)24-19(25)18(30-21(24)27)10-14-5-8-17(16(22)9-14)29-11-13-3-6-15(23)7-4-13/h3-10,12H,11H2,1-2H3/b18-10+/t12-/m0/s1. The van der Waals surface area contributed by atoms with Crippen LogP contribution in [0.3, 0.4) is 0 Å². The first-order valence-corrected chi connectivity index (χ1v) is 10.8. The maximum Gasteiger partial charge on any atom is 0.328 e. The molecule has 0 bridgehead atoms. The van der Waals surface area contributed by atoms with Crippen LogP contribution < -0.4 is 4.74 Å². The Kier molecular flexibility index (Phi) is 7.23. The summed E-state index contributed by atoms with van der Waals surface area (Å²) in [6.07, 6.45) is 1.60. The van der Waals surface area contributed by atoms with Crippen molar-refractivity contribution >= 4 is 62.5 Å². The zero-order chi connectivity index (χ0) is 21.8. The van der Waals surface area contributed by atoms with Crippen LogP contribution in [0.5, 0.6) is 5.75 Å². The fourth-order valence-electron chi connectivity index (χ4n) is 2.71. The Balaban J connectivity index is 1.72. The molecule has 1 fully saturated rings. The van der Waals surface area contributed by atoms with E-state index in [0.717, 1.165) is 22.2 Å². The molecule has 0 N–H and O–H groups in total. The van der Waals surface area contributed by atoms with Crippen LogP contribution in [-0.4, -0.2) is 35.2 Å². The largest absolute Gasteiger partial charge is 0.488 e. The number of ether oxygens (including phenoxy) is 2. The molecule has 1 aliphatic heterocycles. The molecule has 0 aromatic heterocycles. The molecular weight excluding hydrogens is 494 g/mol. The van der Waals surface area contributed by atoms with E-state index in [-0.39, 0.29) is 4.91 Å². The van der Waals surface area contributed by atoms with Gasteiger partial charge in [0.25, 0.3) is 11.1 Å². The van der Waals surface area contributed by atoms with Crippen LogP contribution in [0.1, 0.15) is 18.1 Å². The van der Waals surface area contributed by atoms with E-state index in [1.165, 1.54) is 14.0 Å². The summed E-state index contributed by atoms with van der Waals surface area (Å²) in [5, 5.41) is 0.154. The van der Waals surface area contributed by atoms with Gasteiger partial charge in [-0.1, -0.05) is 29.8 Å². The number of benzene rings is 2. The lowest BCUT2D eigenvalue weighted by Gasteiger charge is -2.18. The van der Waals surface area contributed by atoms with Crippen molar-refractivity contribution in [3.8, 4) is 5.75 Å². The number of hydrogen-bond acceptors (Lipinski definition) is 6. The summed E-state index contributed by atoms with van der Waals surface area (Å²) in [5.41, 5.74) is 1.68. The molecule has 1 heterocycles. The number of nitrogens with zero attached hydrogens (tertiary/aromatic N) is 1. The van der Waals surface area contributed by atoms with Gasteiger partial charge in [-0.25, -0.2) is 4.79 Å². The second-order valence-electron chi connectivity index (χ2n) is 6.36. The number of hydrogen-bond donors (Lipinski definition) is 0. The Labute approximate surface area is 191 Å². The van der Waals surface area contributed by atoms with Crippen molar-refractivity contribution in [3.63, 3.8) is 0 Å². The lowest BCUT2D eigenvalue weighted by molar-refractivity contribution is -0.148. The van der Waals surface area contributed by atoms with E-state index in [1.807, 2.05) is 12.1 Å². The molecule has 2 amide bonds. The smallest absolute Gasteiger partial charge is 0.328 e. The van der Waals surface area contributed by atoms with Gasteiger partial charge in [-0.2, -0.15) is 0 Å². The fraction of sp³-hybridized carbons (Fsp3) is 0.190. The van der Waals surface area contributed by atoms with Crippen molar-refractivity contribution in [1.29, 1.82) is 0 Å². The third kappa shape index (κ3) is 5.06. The first-order chi connectivity index (χ1) is 14.3. The van der Waals surface area contributed by atoms with Gasteiger partial charge in [-0.15, -0.1) is 0 Å². The molecule has 1 saturated heterocycles. The normalized spacial score (nSPS) is 16.1. The Morgan fingerprint density at radius 2 is 1.93 bits per heavy atom. The third-order valence-electron chi connectivity index (χ3n) is 4.31. The number of carbonyl (C=O) groups excluding carboxylic acids is 3. The van der Waals surface area contributed by atoms with E-state index in [4.69, 9.17) is 16.3 Å². The van der Waals surface area contributed by atoms with Gasteiger partial charge in [0.05, 0.1) is 16.5 Å². The molecule has 0 aliphatic carbocycles. The first-order valence-electron chi connectivity index (χ1n) is 8.82. The number of thioether (sulfide) groups is 1. The van der Waals surface area contributed by atoms with Gasteiger partial charge in [-0.05, 0) is 76.1 Å². The Morgan fingerprint density at radius 3 is 2.57 bits per heavy atom. The van der Waals surface area contributed by atoms with E-state index in [1.54, 1.807) is 36.4 Å². The molecule has 3 rings (SSSR count). The second kappa shape index (κ2) is 9.68. The van der Waals surface area contributed by atoms with E-state index in [2.05, 4.69) is 20.7 Å². The SMILES string of the molecule is COC(=O)[C@H](C)N1C(=O)S/C(=C/c2ccc(OCc3ccc(Cl)cc3)c(Br)c2)C1=O. The quantitative estimate of drug-likeness (QED) is 0.389. The van der Waals surface area contributed by atoms with Gasteiger partial charge in [-0.3, -0.25) is 14.5 Å². The molecule has 0 spiro atoms. The number of methoxy groups -OCH3 is 1. The molecule has 1 aliphatic rings. The van der Waals surface area contributed by atoms with Crippen molar-refractivity contribution in [1.82, 2.24) is 4.90 Å². The van der Waals surface area contributed by atoms with Gasteiger partial charge < -0.3 is 9.47 Å². The highest BCUT2D eigenvalue weighted by atomic mass is 79.9. The number of carbonyl (C=O) groups is 3. The van der Waals surface area contributed by atoms with Crippen LogP contribution >= 0.6 is 39.3 Å². The summed E-state index contributed by atoms with van der Waals surface area (Å²) in [4.78, 5) is 37.6. The first kappa shape index (κ1) is 22.4. The van der Waals surface area contributed by atoms with Crippen LogP contribution in [0.25, 0.3) is 6.08 Å². The number of amides is 2. The molecule has 30 heavy (non-hydrogen) atoms. The summed E-state index contributed by atoms with van der Waals surface area (Å²) >= 11 is 10.1. The molecule has 6 nitrogen and oxygen atoms in total. The molecule has 0 saturated carbocycles. The molecule has 9 heteroatoms. The Hall–Kier alpha value is -2.29. The lowest BCUT2D eigenvalue weighted by atomic mass is 10.2. The topological polar surface area (TPSA) is 72.9 Å². The van der Waals surface area contributed by atoms with Gasteiger partial charge in [0.1, 0.15) is 18.4 Å². The molecule has 2 aromatic carbocycles. The number of halogens is 2. The second-order valence-corrected chi connectivity index (χ2v) is 8.64. The average molecular weight is 511 g/mol. The highest BCUT2D eigenvalue weighted by Gasteiger charge is 2.41. The van der Waals surface area contributed by atoms with Crippen LogP contribution in [0.4, 0.5) is 4.79 Å². The van der Waals surface area contributed by atoms with Crippen molar-refractivity contribution in [2.24, 2.45) is 0 Å². The van der Waals surface area contributed by atoms with Gasteiger partial charge in [0.2, 0.25) is 0 Å². The van der Waals surface area contributed by atoms with Gasteiger partial charge >= 0.3 is 5.97 Å². The van der Waals surface area contributed by atoms with Gasteiger partial charge in [0.15, 0.2) is 0 Å². The molecular formula is C21H17BrClNO5S. The van der Waals surface area contributed by atoms with E-state index in [9.17, 15) is 14.4 Å². The number of imide groups is 1. The van der Waals surface area contributed by atoms with Gasteiger partial charge in [0, 0.05) is 5.02 Å². The maximum absolute atomic E-state index is 12.6. The van der Waals surface area contributed by atoms with Crippen LogP contribution in [-0.2, 0) is 20.9 Å². The number of rotatable bonds is 6. The molecule has 0 radical (unpaired) electrons. The van der Waals surface area contributed by atoms with E-state index >= 15 is 0 Å². The number of esters is 1. The Bertz CT molecular complexity index is 1020. The highest BCUT2D eigenvalue weighted by Crippen LogP contribution is 2.35. The van der Waals surface area contributed by atoms with Crippen molar-refractivity contribution in [2.75, 3.05) is 7.11 Å². The van der Waals surface area contributed by atoms with Crippen molar-refractivity contribution in [2.45, 2.75) is 19.6 Å². The fourth-order valence-corrected chi connectivity index (χ4v) is 4.25. The lowest BCUT2D eigenvalue weighted by Crippen LogP contribution is -2.42. The van der Waals surface area contributed by atoms with E-state index < -0.39 is 23.2 Å². The summed E-state index contributed by atoms with van der Waals surface area (Å²) < 4.78 is 11.1. The van der Waals surface area contributed by atoms with Crippen LogP contribution in [0, 0.1) is 0 Å². The van der Waals surface area contributed by atoms with Crippen LogP contribution in [0.15, 0.2) is 51.8 Å². The minimum absolute atomic E-state index is 0.234. The maximum atomic E-state index is 12.6. The summed E-state index contributed by atoms with van der Waals surface area (Å²) in [6.45, 7) is 1.83. The molecule has 2 aromatic rings. The zero-order valence-electron chi connectivity index (χ0n) is 16.1. The zero-order valence-corrected chi connectivity index (χ0v) is 19.2. The van der Waals surface area contributed by atoms with Crippen molar-refractivity contribution in [3.05, 3.63) is 68.0 Å². The summed E-state index contributed by atoms with van der Waals surface area (Å²) in [5.74, 6) is -0.542. The Morgan fingerprint density at radius 1 is 1.23 bits per heavy atom. The van der Waals surface area contributed by atoms with Crippen molar-refractivity contribution < 1.29 is 23.9 Å². The monoisotopic (exact) mass is 509 g/mol. The third-order valence-corrected chi connectivity index (χ3v) is 6.07.